The summed E-state index contributed by atoms with van der Waals surface area (Å²) in [4.78, 5) is 19.2. The van der Waals surface area contributed by atoms with Gasteiger partial charge in [0, 0.05) is 31.6 Å². The Balaban J connectivity index is 1.34. The molecular weight excluding hydrogens is 346 g/mol. The van der Waals surface area contributed by atoms with E-state index in [2.05, 4.69) is 41.2 Å². The van der Waals surface area contributed by atoms with Gasteiger partial charge < -0.3 is 10.1 Å². The van der Waals surface area contributed by atoms with Crippen molar-refractivity contribution >= 4 is 27.5 Å². The lowest BCUT2D eigenvalue weighted by Gasteiger charge is -2.40. The lowest BCUT2D eigenvalue weighted by molar-refractivity contribution is -0.122. The number of morpholine rings is 1. The van der Waals surface area contributed by atoms with Crippen LogP contribution in [0.1, 0.15) is 38.1 Å². The van der Waals surface area contributed by atoms with E-state index < -0.39 is 0 Å². The van der Waals surface area contributed by atoms with Crippen LogP contribution in [0.2, 0.25) is 0 Å². The first-order valence-electron chi connectivity index (χ1n) is 9.48. The van der Waals surface area contributed by atoms with E-state index in [4.69, 9.17) is 4.74 Å². The lowest BCUT2D eigenvalue weighted by Crippen LogP contribution is -2.55. The molecule has 1 amide bonds. The second-order valence-corrected chi connectivity index (χ2v) is 8.59. The highest BCUT2D eigenvalue weighted by molar-refractivity contribution is 7.18. The second kappa shape index (κ2) is 8.93. The van der Waals surface area contributed by atoms with Gasteiger partial charge in [-0.3, -0.25) is 9.69 Å². The molecule has 142 valence electrons. The number of thiazole rings is 1. The highest BCUT2D eigenvalue weighted by atomic mass is 32.1. The number of benzene rings is 1. The van der Waals surface area contributed by atoms with E-state index in [9.17, 15) is 4.79 Å². The highest BCUT2D eigenvalue weighted by Gasteiger charge is 2.28. The number of fused-ring (bicyclic) bond motifs is 1. The molecule has 1 aromatic carbocycles. The summed E-state index contributed by atoms with van der Waals surface area (Å²) in [5, 5.41) is 4.27. The van der Waals surface area contributed by atoms with Crippen molar-refractivity contribution in [1.82, 2.24) is 15.2 Å². The van der Waals surface area contributed by atoms with Crippen LogP contribution in [0.25, 0.3) is 10.2 Å². The van der Waals surface area contributed by atoms with Gasteiger partial charge in [0.2, 0.25) is 5.91 Å². The Bertz CT molecular complexity index is 690. The third-order valence-corrected chi connectivity index (χ3v) is 6.06. The zero-order valence-corrected chi connectivity index (χ0v) is 16.6. The summed E-state index contributed by atoms with van der Waals surface area (Å²) in [7, 11) is 0. The molecule has 2 heterocycles. The van der Waals surface area contributed by atoms with Crippen molar-refractivity contribution in [2.24, 2.45) is 0 Å². The maximum atomic E-state index is 12.2. The molecule has 0 unspecified atom stereocenters. The molecule has 1 aromatic heterocycles. The van der Waals surface area contributed by atoms with Crippen molar-refractivity contribution in [3.05, 3.63) is 29.3 Å². The number of carbonyl (C=O) groups excluding carboxylic acids is 1. The Morgan fingerprint density at radius 3 is 2.81 bits per heavy atom. The number of hydrogen-bond acceptors (Lipinski definition) is 5. The molecule has 6 heteroatoms. The fourth-order valence-electron chi connectivity index (χ4n) is 3.27. The standard InChI is InChI=1S/C20H29N3O2S/c1-20(2,23-11-13-25-14-12-23)15-21-18(24)9-5-6-10-19-22-16-7-3-4-8-17(16)26-19/h3-4,7-8H,5-6,9-15H2,1-2H3,(H,21,24). The van der Waals surface area contributed by atoms with E-state index in [1.54, 1.807) is 11.3 Å². The number of ether oxygens (including phenoxy) is 1. The molecule has 0 aliphatic carbocycles. The summed E-state index contributed by atoms with van der Waals surface area (Å²) in [6.45, 7) is 8.49. The molecule has 0 atom stereocenters. The van der Waals surface area contributed by atoms with Gasteiger partial charge in [0.05, 0.1) is 28.4 Å². The number of amides is 1. The molecular formula is C20H29N3O2S. The van der Waals surface area contributed by atoms with E-state index in [0.717, 1.165) is 51.1 Å². The van der Waals surface area contributed by atoms with E-state index >= 15 is 0 Å². The van der Waals surface area contributed by atoms with Gasteiger partial charge in [0.15, 0.2) is 0 Å². The summed E-state index contributed by atoms with van der Waals surface area (Å²) in [6, 6.07) is 8.24. The van der Waals surface area contributed by atoms with Gasteiger partial charge in [-0.1, -0.05) is 12.1 Å². The number of nitrogens with one attached hydrogen (secondary N) is 1. The SMILES string of the molecule is CC(C)(CNC(=O)CCCCc1nc2ccccc2s1)N1CCOCC1. The van der Waals surface area contributed by atoms with Crippen LogP contribution in [0.15, 0.2) is 24.3 Å². The molecule has 1 aliphatic heterocycles. The second-order valence-electron chi connectivity index (χ2n) is 7.47. The van der Waals surface area contributed by atoms with Crippen LogP contribution < -0.4 is 5.32 Å². The van der Waals surface area contributed by atoms with E-state index in [1.807, 2.05) is 12.1 Å². The van der Waals surface area contributed by atoms with Crippen LogP contribution in [-0.2, 0) is 16.0 Å². The Morgan fingerprint density at radius 2 is 2.04 bits per heavy atom. The van der Waals surface area contributed by atoms with Gasteiger partial charge in [-0.05, 0) is 45.2 Å². The molecule has 0 radical (unpaired) electrons. The monoisotopic (exact) mass is 375 g/mol. The van der Waals surface area contributed by atoms with Crippen molar-refractivity contribution in [3.63, 3.8) is 0 Å². The van der Waals surface area contributed by atoms with Crippen molar-refractivity contribution in [2.45, 2.75) is 45.1 Å². The molecule has 1 N–H and O–H groups in total. The van der Waals surface area contributed by atoms with Crippen LogP contribution in [0.5, 0.6) is 0 Å². The van der Waals surface area contributed by atoms with Gasteiger partial charge in [-0.25, -0.2) is 4.98 Å². The molecule has 0 bridgehead atoms. The van der Waals surface area contributed by atoms with Gasteiger partial charge in [0.25, 0.3) is 0 Å². The topological polar surface area (TPSA) is 54.5 Å². The number of nitrogens with zero attached hydrogens (tertiary/aromatic N) is 2. The average molecular weight is 376 g/mol. The Morgan fingerprint density at radius 1 is 1.27 bits per heavy atom. The van der Waals surface area contributed by atoms with Gasteiger partial charge >= 0.3 is 0 Å². The summed E-state index contributed by atoms with van der Waals surface area (Å²) >= 11 is 1.76. The third-order valence-electron chi connectivity index (χ3n) is 4.97. The molecule has 26 heavy (non-hydrogen) atoms. The van der Waals surface area contributed by atoms with Crippen molar-refractivity contribution < 1.29 is 9.53 Å². The van der Waals surface area contributed by atoms with Crippen molar-refractivity contribution in [1.29, 1.82) is 0 Å². The van der Waals surface area contributed by atoms with Gasteiger partial charge in [0.1, 0.15) is 0 Å². The molecule has 3 rings (SSSR count). The Hall–Kier alpha value is -1.50. The molecule has 1 aliphatic rings. The summed E-state index contributed by atoms with van der Waals surface area (Å²) in [5.41, 5.74) is 1.05. The fraction of sp³-hybridized carbons (Fsp3) is 0.600. The molecule has 5 nitrogen and oxygen atoms in total. The molecule has 0 saturated carbocycles. The predicted octanol–water partition coefficient (Wildman–Crippen LogP) is 3.24. The minimum atomic E-state index is -0.0273. The van der Waals surface area contributed by atoms with Crippen LogP contribution in [0.4, 0.5) is 0 Å². The predicted molar refractivity (Wildman–Crippen MR) is 107 cm³/mol. The number of aryl methyl sites for hydroxylation is 1. The smallest absolute Gasteiger partial charge is 0.220 e. The molecule has 2 aromatic rings. The normalized spacial score (nSPS) is 16.1. The van der Waals surface area contributed by atoms with E-state index in [1.165, 1.54) is 9.71 Å². The molecule has 1 fully saturated rings. The fourth-order valence-corrected chi connectivity index (χ4v) is 4.28. The number of carbonyl (C=O) groups is 1. The van der Waals surface area contributed by atoms with Gasteiger partial charge in [-0.15, -0.1) is 11.3 Å². The van der Waals surface area contributed by atoms with E-state index in [-0.39, 0.29) is 11.4 Å². The third kappa shape index (κ3) is 5.25. The molecule has 0 spiro atoms. The van der Waals surface area contributed by atoms with Crippen molar-refractivity contribution in [3.8, 4) is 0 Å². The Labute approximate surface area is 159 Å². The number of hydrogen-bond donors (Lipinski definition) is 1. The zero-order chi connectivity index (χ0) is 18.4. The zero-order valence-electron chi connectivity index (χ0n) is 15.8. The average Bonchev–Trinajstić information content (AvgIpc) is 3.07. The summed E-state index contributed by atoms with van der Waals surface area (Å²) in [5.74, 6) is 0.149. The first-order valence-corrected chi connectivity index (χ1v) is 10.3. The maximum Gasteiger partial charge on any atom is 0.220 e. The van der Waals surface area contributed by atoms with Gasteiger partial charge in [-0.2, -0.15) is 0 Å². The first-order chi connectivity index (χ1) is 12.5. The number of aromatic nitrogens is 1. The highest BCUT2D eigenvalue weighted by Crippen LogP contribution is 2.23. The minimum absolute atomic E-state index is 0.0273. The number of rotatable bonds is 8. The quantitative estimate of drug-likeness (QED) is 0.720. The number of unbranched alkanes of at least 4 members (excludes halogenated alkanes) is 1. The van der Waals surface area contributed by atoms with Crippen LogP contribution in [0.3, 0.4) is 0 Å². The van der Waals surface area contributed by atoms with Crippen LogP contribution >= 0.6 is 11.3 Å². The minimum Gasteiger partial charge on any atom is -0.379 e. The van der Waals surface area contributed by atoms with Crippen LogP contribution in [0, 0.1) is 0 Å². The van der Waals surface area contributed by atoms with Crippen molar-refractivity contribution in [2.75, 3.05) is 32.8 Å². The number of para-hydroxylation sites is 1. The maximum absolute atomic E-state index is 12.2. The van der Waals surface area contributed by atoms with E-state index in [0.29, 0.717) is 13.0 Å². The molecule has 1 saturated heterocycles. The largest absolute Gasteiger partial charge is 0.379 e. The summed E-state index contributed by atoms with van der Waals surface area (Å²) in [6.07, 6.45) is 3.44. The lowest BCUT2D eigenvalue weighted by atomic mass is 10.0. The summed E-state index contributed by atoms with van der Waals surface area (Å²) < 4.78 is 6.65. The van der Waals surface area contributed by atoms with Crippen LogP contribution in [-0.4, -0.2) is 54.2 Å². The first kappa shape index (κ1) is 19.3. The Kier molecular flexibility index (Phi) is 6.62.